The molecule has 0 saturated carbocycles. The lowest BCUT2D eigenvalue weighted by molar-refractivity contribution is 1.20. The van der Waals surface area contributed by atoms with Gasteiger partial charge in [-0.25, -0.2) is 9.97 Å². The number of pyridine rings is 1. The average molecular weight is 193 g/mol. The van der Waals surface area contributed by atoms with Crippen LogP contribution in [-0.4, -0.2) is 16.5 Å². The minimum absolute atomic E-state index is 0.902. The first kappa shape index (κ1) is 8.44. The van der Waals surface area contributed by atoms with Gasteiger partial charge in [0.15, 0.2) is 5.13 Å². The zero-order valence-electron chi connectivity index (χ0n) is 7.66. The predicted molar refractivity (Wildman–Crippen MR) is 56.3 cm³/mol. The summed E-state index contributed by atoms with van der Waals surface area (Å²) in [6.45, 7) is 4.95. The summed E-state index contributed by atoms with van der Waals surface area (Å²) in [4.78, 5) is 9.79. The first-order chi connectivity index (χ1) is 6.29. The SMILES string of the molecule is CCNc1nc2ccc(C)nc2s1. The second-order valence-corrected chi connectivity index (χ2v) is 3.80. The first-order valence-corrected chi connectivity index (χ1v) is 5.09. The number of aryl methyl sites for hydroxylation is 1. The van der Waals surface area contributed by atoms with Gasteiger partial charge in [-0.2, -0.15) is 0 Å². The molecule has 2 aromatic heterocycles. The molecule has 0 unspecified atom stereocenters. The van der Waals surface area contributed by atoms with Crippen LogP contribution in [0.25, 0.3) is 10.3 Å². The van der Waals surface area contributed by atoms with E-state index in [2.05, 4.69) is 22.2 Å². The molecule has 0 amide bonds. The highest BCUT2D eigenvalue weighted by molar-refractivity contribution is 7.21. The van der Waals surface area contributed by atoms with Crippen LogP contribution in [0, 0.1) is 6.92 Å². The van der Waals surface area contributed by atoms with Crippen molar-refractivity contribution >= 4 is 26.8 Å². The molecule has 2 rings (SSSR count). The lowest BCUT2D eigenvalue weighted by Gasteiger charge is -1.91. The number of hydrogen-bond acceptors (Lipinski definition) is 4. The van der Waals surface area contributed by atoms with Crippen molar-refractivity contribution in [1.82, 2.24) is 9.97 Å². The zero-order valence-corrected chi connectivity index (χ0v) is 8.48. The highest BCUT2D eigenvalue weighted by atomic mass is 32.1. The zero-order chi connectivity index (χ0) is 9.26. The van der Waals surface area contributed by atoms with Crippen LogP contribution in [0.15, 0.2) is 12.1 Å². The topological polar surface area (TPSA) is 37.8 Å². The Labute approximate surface area is 80.8 Å². The summed E-state index contributed by atoms with van der Waals surface area (Å²) in [6.07, 6.45) is 0. The summed E-state index contributed by atoms with van der Waals surface area (Å²) in [6, 6.07) is 3.99. The van der Waals surface area contributed by atoms with E-state index in [-0.39, 0.29) is 0 Å². The maximum atomic E-state index is 4.39. The molecular weight excluding hydrogens is 182 g/mol. The van der Waals surface area contributed by atoms with Crippen molar-refractivity contribution in [3.63, 3.8) is 0 Å². The number of aromatic nitrogens is 2. The number of nitrogens with one attached hydrogen (secondary N) is 1. The van der Waals surface area contributed by atoms with Gasteiger partial charge in [0.1, 0.15) is 10.3 Å². The number of anilines is 1. The monoisotopic (exact) mass is 193 g/mol. The first-order valence-electron chi connectivity index (χ1n) is 4.27. The number of nitrogens with zero attached hydrogens (tertiary/aromatic N) is 2. The molecule has 0 spiro atoms. The Bertz CT molecular complexity index is 422. The smallest absolute Gasteiger partial charge is 0.185 e. The van der Waals surface area contributed by atoms with Gasteiger partial charge >= 0.3 is 0 Å². The molecule has 3 nitrogen and oxygen atoms in total. The summed E-state index contributed by atoms with van der Waals surface area (Å²) in [5, 5.41) is 4.14. The average Bonchev–Trinajstić information content (AvgIpc) is 2.46. The molecule has 1 N–H and O–H groups in total. The summed E-state index contributed by atoms with van der Waals surface area (Å²) in [7, 11) is 0. The summed E-state index contributed by atoms with van der Waals surface area (Å²) in [5.74, 6) is 0. The number of hydrogen-bond donors (Lipinski definition) is 1. The third kappa shape index (κ3) is 1.62. The van der Waals surface area contributed by atoms with Gasteiger partial charge in [-0.05, 0) is 26.0 Å². The lowest BCUT2D eigenvalue weighted by Crippen LogP contribution is -1.94. The van der Waals surface area contributed by atoms with E-state index < -0.39 is 0 Å². The van der Waals surface area contributed by atoms with E-state index in [1.54, 1.807) is 11.3 Å². The summed E-state index contributed by atoms with van der Waals surface area (Å²) >= 11 is 1.60. The molecule has 0 atom stereocenters. The van der Waals surface area contributed by atoms with Crippen LogP contribution in [0.2, 0.25) is 0 Å². The van der Waals surface area contributed by atoms with Crippen LogP contribution >= 0.6 is 11.3 Å². The number of rotatable bonds is 2. The molecule has 0 aromatic carbocycles. The van der Waals surface area contributed by atoms with Gasteiger partial charge in [0.25, 0.3) is 0 Å². The van der Waals surface area contributed by atoms with Crippen LogP contribution in [0.1, 0.15) is 12.6 Å². The molecular formula is C9H11N3S. The summed E-state index contributed by atoms with van der Waals surface area (Å²) < 4.78 is 0. The number of fused-ring (bicyclic) bond motifs is 1. The molecule has 0 saturated heterocycles. The minimum Gasteiger partial charge on any atom is -0.362 e. The van der Waals surface area contributed by atoms with E-state index in [0.29, 0.717) is 0 Å². The molecule has 2 aromatic rings. The molecule has 0 fully saturated rings. The van der Waals surface area contributed by atoms with Crippen LogP contribution in [-0.2, 0) is 0 Å². The predicted octanol–water partition coefficient (Wildman–Crippen LogP) is 2.43. The molecule has 13 heavy (non-hydrogen) atoms. The normalized spacial score (nSPS) is 10.6. The second kappa shape index (κ2) is 3.30. The fourth-order valence-corrected chi connectivity index (χ4v) is 2.09. The Morgan fingerprint density at radius 2 is 2.23 bits per heavy atom. The van der Waals surface area contributed by atoms with Gasteiger partial charge in [0.2, 0.25) is 0 Å². The quantitative estimate of drug-likeness (QED) is 0.796. The van der Waals surface area contributed by atoms with Crippen molar-refractivity contribution in [3.05, 3.63) is 17.8 Å². The maximum Gasteiger partial charge on any atom is 0.185 e. The fraction of sp³-hybridized carbons (Fsp3) is 0.333. The third-order valence-corrected chi connectivity index (χ3v) is 2.65. The molecule has 0 aliphatic rings. The Morgan fingerprint density at radius 1 is 1.38 bits per heavy atom. The van der Waals surface area contributed by atoms with Gasteiger partial charge in [0, 0.05) is 12.2 Å². The van der Waals surface area contributed by atoms with E-state index >= 15 is 0 Å². The molecule has 0 radical (unpaired) electrons. The van der Waals surface area contributed by atoms with E-state index in [0.717, 1.165) is 27.7 Å². The maximum absolute atomic E-state index is 4.39. The standard InChI is InChI=1S/C9H11N3S/c1-3-10-9-12-7-5-4-6(2)11-8(7)13-9/h4-5H,3H2,1-2H3,(H,10,12). The molecule has 0 aliphatic carbocycles. The molecule has 0 aliphatic heterocycles. The van der Waals surface area contributed by atoms with Crippen LogP contribution in [0.3, 0.4) is 0 Å². The Hall–Kier alpha value is -1.16. The molecule has 2 heterocycles. The van der Waals surface area contributed by atoms with E-state index in [1.165, 1.54) is 0 Å². The van der Waals surface area contributed by atoms with Gasteiger partial charge in [-0.1, -0.05) is 11.3 Å². The van der Waals surface area contributed by atoms with Crippen molar-refractivity contribution in [2.75, 3.05) is 11.9 Å². The van der Waals surface area contributed by atoms with Gasteiger partial charge in [-0.3, -0.25) is 0 Å². The van der Waals surface area contributed by atoms with Crippen molar-refractivity contribution in [1.29, 1.82) is 0 Å². The minimum atomic E-state index is 0.902. The van der Waals surface area contributed by atoms with Gasteiger partial charge in [0.05, 0.1) is 0 Å². The van der Waals surface area contributed by atoms with E-state index in [4.69, 9.17) is 0 Å². The van der Waals surface area contributed by atoms with Crippen molar-refractivity contribution in [2.24, 2.45) is 0 Å². The van der Waals surface area contributed by atoms with Crippen molar-refractivity contribution in [3.8, 4) is 0 Å². The molecule has 68 valence electrons. The van der Waals surface area contributed by atoms with E-state index in [1.807, 2.05) is 19.1 Å². The van der Waals surface area contributed by atoms with Crippen molar-refractivity contribution < 1.29 is 0 Å². The third-order valence-electron chi connectivity index (χ3n) is 1.72. The summed E-state index contributed by atoms with van der Waals surface area (Å²) in [5.41, 5.74) is 2.02. The molecule has 0 bridgehead atoms. The Morgan fingerprint density at radius 3 is 3.00 bits per heavy atom. The van der Waals surface area contributed by atoms with Gasteiger partial charge in [-0.15, -0.1) is 0 Å². The Balaban J connectivity index is 2.49. The molecule has 4 heteroatoms. The van der Waals surface area contributed by atoms with Crippen LogP contribution < -0.4 is 5.32 Å². The Kier molecular flexibility index (Phi) is 2.14. The van der Waals surface area contributed by atoms with E-state index in [9.17, 15) is 0 Å². The highest BCUT2D eigenvalue weighted by Gasteiger charge is 2.02. The second-order valence-electron chi connectivity index (χ2n) is 2.83. The largest absolute Gasteiger partial charge is 0.362 e. The van der Waals surface area contributed by atoms with Gasteiger partial charge < -0.3 is 5.32 Å². The van der Waals surface area contributed by atoms with Crippen LogP contribution in [0.4, 0.5) is 5.13 Å². The number of thiazole rings is 1. The fourth-order valence-electron chi connectivity index (χ4n) is 1.14. The highest BCUT2D eigenvalue weighted by Crippen LogP contribution is 2.23. The van der Waals surface area contributed by atoms with Crippen LogP contribution in [0.5, 0.6) is 0 Å². The lowest BCUT2D eigenvalue weighted by atomic mass is 10.4. The van der Waals surface area contributed by atoms with Crippen molar-refractivity contribution in [2.45, 2.75) is 13.8 Å².